The van der Waals surface area contributed by atoms with E-state index in [4.69, 9.17) is 4.74 Å². The van der Waals surface area contributed by atoms with Gasteiger partial charge in [-0.2, -0.15) is 0 Å². The lowest BCUT2D eigenvalue weighted by molar-refractivity contribution is -0.145. The molecule has 1 unspecified atom stereocenters. The van der Waals surface area contributed by atoms with Crippen molar-refractivity contribution >= 4 is 44.3 Å². The van der Waals surface area contributed by atoms with Crippen LogP contribution in [0, 0.1) is 11.8 Å². The molecular weight excluding hydrogens is 428 g/mol. The molecule has 1 N–H and O–H groups in total. The number of aromatic nitrogens is 1. The molecule has 1 heterocycles. The van der Waals surface area contributed by atoms with E-state index < -0.39 is 11.4 Å². The molecule has 1 atom stereocenters. The maximum absolute atomic E-state index is 12.6. The number of carbonyl (C=O) groups excluding carboxylic acids is 2. The highest BCUT2D eigenvalue weighted by Gasteiger charge is 2.41. The third kappa shape index (κ3) is 3.94. The molecule has 0 saturated heterocycles. The first-order valence-electron chi connectivity index (χ1n) is 8.99. The molecule has 1 aliphatic carbocycles. The number of nitrogens with one attached hydrogen (secondary N) is 1. The van der Waals surface area contributed by atoms with E-state index in [0.29, 0.717) is 16.7 Å². The molecule has 27 heavy (non-hydrogen) atoms. The minimum Gasteiger partial charge on any atom is -0.468 e. The molecule has 1 amide bonds. The number of hydrogen-bond acceptors (Lipinski definition) is 5. The second-order valence-corrected chi connectivity index (χ2v) is 8.87. The molecule has 0 bridgehead atoms. The van der Waals surface area contributed by atoms with Crippen LogP contribution in [-0.2, 0) is 19.7 Å². The number of hydrogen-bond donors (Lipinski definition) is 1. The van der Waals surface area contributed by atoms with Gasteiger partial charge in [0.05, 0.1) is 12.8 Å². The van der Waals surface area contributed by atoms with Crippen molar-refractivity contribution in [1.29, 1.82) is 0 Å². The smallest absolute Gasteiger partial charge is 0.322 e. The molecule has 1 aromatic carbocycles. The Morgan fingerprint density at radius 2 is 2.00 bits per heavy atom. The van der Waals surface area contributed by atoms with Gasteiger partial charge in [0.2, 0.25) is 5.91 Å². The van der Waals surface area contributed by atoms with Crippen LogP contribution in [0.15, 0.2) is 34.1 Å². The minimum atomic E-state index is -1.04. The van der Waals surface area contributed by atoms with Crippen molar-refractivity contribution < 1.29 is 14.3 Å². The largest absolute Gasteiger partial charge is 0.468 e. The second-order valence-electron chi connectivity index (χ2n) is 7.09. The Hall–Kier alpha value is -1.73. The second kappa shape index (κ2) is 8.10. The molecule has 0 spiro atoms. The summed E-state index contributed by atoms with van der Waals surface area (Å²) >= 11 is 4.74. The molecule has 0 radical (unpaired) electrons. The van der Waals surface area contributed by atoms with Crippen LogP contribution in [0.4, 0.5) is 5.13 Å². The normalized spacial score (nSPS) is 21.0. The van der Waals surface area contributed by atoms with Gasteiger partial charge < -0.3 is 10.1 Å². The minimum absolute atomic E-state index is 0.0176. The number of methoxy groups -OCH3 is 1. The fraction of sp³-hybridized carbons (Fsp3) is 0.450. The van der Waals surface area contributed by atoms with Crippen molar-refractivity contribution in [3.05, 3.63) is 45.4 Å². The van der Waals surface area contributed by atoms with E-state index >= 15 is 0 Å². The Morgan fingerprint density at radius 3 is 2.59 bits per heavy atom. The summed E-state index contributed by atoms with van der Waals surface area (Å²) in [6.07, 6.45) is 3.01. The molecule has 1 aromatic heterocycles. The van der Waals surface area contributed by atoms with E-state index in [0.717, 1.165) is 29.3 Å². The zero-order valence-corrected chi connectivity index (χ0v) is 18.0. The van der Waals surface area contributed by atoms with E-state index in [1.165, 1.54) is 18.4 Å². The third-order valence-corrected chi connectivity index (χ3v) is 6.73. The summed E-state index contributed by atoms with van der Waals surface area (Å²) in [5.74, 6) is 0.357. The van der Waals surface area contributed by atoms with Crippen molar-refractivity contribution in [2.75, 3.05) is 12.4 Å². The fourth-order valence-corrected chi connectivity index (χ4v) is 4.50. The van der Waals surface area contributed by atoms with E-state index in [1.807, 2.05) is 29.6 Å². The van der Waals surface area contributed by atoms with Crippen molar-refractivity contribution in [2.45, 2.75) is 38.5 Å². The predicted molar refractivity (Wildman–Crippen MR) is 110 cm³/mol. The molecule has 1 aliphatic rings. The number of nitrogens with zero attached hydrogens (tertiary/aromatic N) is 1. The highest BCUT2D eigenvalue weighted by molar-refractivity contribution is 9.10. The van der Waals surface area contributed by atoms with Gasteiger partial charge in [-0.15, -0.1) is 11.3 Å². The Balaban J connectivity index is 1.81. The molecule has 0 aliphatic heterocycles. The maximum Gasteiger partial charge on any atom is 0.322 e. The summed E-state index contributed by atoms with van der Waals surface area (Å²) in [4.78, 5) is 29.5. The van der Waals surface area contributed by atoms with Gasteiger partial charge in [-0.05, 0) is 43.4 Å². The monoisotopic (exact) mass is 450 g/mol. The Labute approximate surface area is 171 Å². The Kier molecular flexibility index (Phi) is 6.01. The van der Waals surface area contributed by atoms with Crippen LogP contribution < -0.4 is 5.32 Å². The van der Waals surface area contributed by atoms with Crippen LogP contribution in [0.3, 0.4) is 0 Å². The zero-order chi connectivity index (χ0) is 19.6. The zero-order valence-electron chi connectivity index (χ0n) is 15.6. The summed E-state index contributed by atoms with van der Waals surface area (Å²) in [7, 11) is 1.37. The Bertz CT molecular complexity index is 830. The van der Waals surface area contributed by atoms with Crippen LogP contribution in [0.5, 0.6) is 0 Å². The van der Waals surface area contributed by atoms with E-state index in [-0.39, 0.29) is 11.8 Å². The summed E-state index contributed by atoms with van der Waals surface area (Å²) in [5, 5.41) is 5.23. The van der Waals surface area contributed by atoms with Crippen LogP contribution in [0.2, 0.25) is 0 Å². The van der Waals surface area contributed by atoms with Crippen molar-refractivity contribution in [3.8, 4) is 0 Å². The number of halogens is 1. The van der Waals surface area contributed by atoms with Crippen LogP contribution >= 0.6 is 27.3 Å². The van der Waals surface area contributed by atoms with Gasteiger partial charge in [0.1, 0.15) is 5.41 Å². The van der Waals surface area contributed by atoms with Gasteiger partial charge in [-0.1, -0.05) is 41.4 Å². The SMILES string of the molecule is CC[C@H]1C[C@H](C(=O)Nc2nc(C(C)(C(=O)OC)c3ccc(Br)cc3)cs2)C1. The van der Waals surface area contributed by atoms with E-state index in [2.05, 4.69) is 33.2 Å². The number of anilines is 1. The number of rotatable bonds is 6. The fourth-order valence-electron chi connectivity index (χ4n) is 3.41. The maximum atomic E-state index is 12.6. The molecule has 3 rings (SSSR count). The van der Waals surface area contributed by atoms with Gasteiger partial charge in [0.25, 0.3) is 0 Å². The van der Waals surface area contributed by atoms with Gasteiger partial charge >= 0.3 is 5.97 Å². The highest BCUT2D eigenvalue weighted by Crippen LogP contribution is 2.38. The standard InChI is InChI=1S/C20H23BrN2O3S/c1-4-12-9-13(10-12)17(24)23-19-22-16(11-27-19)20(2,18(25)26-3)14-5-7-15(21)8-6-14/h5-8,11-13H,4,9-10H2,1-3H3,(H,22,23,24)/t12-,13-,20?. The number of thiazole rings is 1. The van der Waals surface area contributed by atoms with Gasteiger partial charge in [-0.25, -0.2) is 4.98 Å². The van der Waals surface area contributed by atoms with Crippen molar-refractivity contribution in [2.24, 2.45) is 11.8 Å². The summed E-state index contributed by atoms with van der Waals surface area (Å²) in [5.41, 5.74) is 0.307. The molecule has 144 valence electrons. The van der Waals surface area contributed by atoms with Crippen molar-refractivity contribution in [1.82, 2.24) is 4.98 Å². The van der Waals surface area contributed by atoms with Crippen LogP contribution in [-0.4, -0.2) is 24.0 Å². The number of amides is 1. The molecule has 1 fully saturated rings. The highest BCUT2D eigenvalue weighted by atomic mass is 79.9. The average Bonchev–Trinajstić information content (AvgIpc) is 3.09. The first kappa shape index (κ1) is 20.0. The van der Waals surface area contributed by atoms with E-state index in [9.17, 15) is 9.59 Å². The molecule has 2 aromatic rings. The summed E-state index contributed by atoms with van der Waals surface area (Å²) in [6, 6.07) is 7.51. The van der Waals surface area contributed by atoms with Gasteiger partial charge in [0, 0.05) is 15.8 Å². The number of esters is 1. The van der Waals surface area contributed by atoms with Gasteiger partial charge in [0.15, 0.2) is 5.13 Å². The number of ether oxygens (including phenoxy) is 1. The molecular formula is C20H23BrN2O3S. The average molecular weight is 451 g/mol. The quantitative estimate of drug-likeness (QED) is 0.644. The molecule has 5 nitrogen and oxygen atoms in total. The topological polar surface area (TPSA) is 68.3 Å². The first-order valence-corrected chi connectivity index (χ1v) is 10.7. The summed E-state index contributed by atoms with van der Waals surface area (Å²) in [6.45, 7) is 3.95. The lowest BCUT2D eigenvalue weighted by Gasteiger charge is -2.33. The number of benzene rings is 1. The number of carbonyl (C=O) groups is 2. The van der Waals surface area contributed by atoms with Crippen LogP contribution in [0.25, 0.3) is 0 Å². The lowest BCUT2D eigenvalue weighted by Crippen LogP contribution is -2.36. The van der Waals surface area contributed by atoms with E-state index in [1.54, 1.807) is 6.92 Å². The van der Waals surface area contributed by atoms with Crippen molar-refractivity contribution in [3.63, 3.8) is 0 Å². The third-order valence-electron chi connectivity index (χ3n) is 5.45. The summed E-state index contributed by atoms with van der Waals surface area (Å²) < 4.78 is 5.99. The van der Waals surface area contributed by atoms with Gasteiger partial charge in [-0.3, -0.25) is 9.59 Å². The van der Waals surface area contributed by atoms with Crippen LogP contribution in [0.1, 0.15) is 44.4 Å². The lowest BCUT2D eigenvalue weighted by atomic mass is 9.73. The molecule has 7 heteroatoms. The Morgan fingerprint density at radius 1 is 1.33 bits per heavy atom. The predicted octanol–water partition coefficient (Wildman–Crippen LogP) is 4.76. The first-order chi connectivity index (χ1) is 12.9. The molecule has 1 saturated carbocycles.